The van der Waals surface area contributed by atoms with Crippen molar-refractivity contribution in [2.45, 2.75) is 87.4 Å². The summed E-state index contributed by atoms with van der Waals surface area (Å²) in [4.78, 5) is 25.9. The van der Waals surface area contributed by atoms with Crippen LogP contribution in [0.15, 0.2) is 24.3 Å². The number of carboxylic acid groups (broad SMARTS) is 1. The van der Waals surface area contributed by atoms with Crippen LogP contribution in [0.1, 0.15) is 81.1 Å². The summed E-state index contributed by atoms with van der Waals surface area (Å²) in [5.74, 6) is -0.729. The lowest BCUT2D eigenvalue weighted by molar-refractivity contribution is -0.133. The molecule has 1 saturated carbocycles. The number of amides is 1. The molecule has 29 heavy (non-hydrogen) atoms. The zero-order valence-corrected chi connectivity index (χ0v) is 18.3. The van der Waals surface area contributed by atoms with Gasteiger partial charge in [0.25, 0.3) is 0 Å². The third-order valence-electron chi connectivity index (χ3n) is 6.27. The van der Waals surface area contributed by atoms with Crippen molar-refractivity contribution >= 4 is 23.6 Å². The van der Waals surface area contributed by atoms with Crippen LogP contribution < -0.4 is 0 Å². The maximum absolute atomic E-state index is 12.9. The number of benzene rings is 1. The van der Waals surface area contributed by atoms with E-state index in [9.17, 15) is 14.7 Å². The lowest BCUT2D eigenvalue weighted by atomic mass is 9.82. The Balaban J connectivity index is 1.55. The molecular formula is C23H33NO4S. The van der Waals surface area contributed by atoms with Gasteiger partial charge in [-0.25, -0.2) is 4.79 Å². The largest absolute Gasteiger partial charge is 0.478 e. The second-order valence-electron chi connectivity index (χ2n) is 9.01. The fourth-order valence-corrected chi connectivity index (χ4v) is 5.99. The standard InChI is InChI=1S/C23H33NO4S/c1-22(2)21(27)24(16-15-23(28)13-4-3-5-14-23)19(29-22)8-6-7-17-9-11-18(12-10-17)20(25)26/h9-12,19,28H,3-8,13-16H2,1-2H3,(H,25,26). The number of carbonyl (C=O) groups excluding carboxylic acids is 1. The zero-order valence-electron chi connectivity index (χ0n) is 17.5. The molecule has 1 amide bonds. The van der Waals surface area contributed by atoms with Gasteiger partial charge < -0.3 is 15.1 Å². The summed E-state index contributed by atoms with van der Waals surface area (Å²) in [6.45, 7) is 4.61. The summed E-state index contributed by atoms with van der Waals surface area (Å²) in [7, 11) is 0. The summed E-state index contributed by atoms with van der Waals surface area (Å²) >= 11 is 1.73. The molecule has 1 unspecified atom stereocenters. The van der Waals surface area contributed by atoms with Crippen molar-refractivity contribution in [3.05, 3.63) is 35.4 Å². The van der Waals surface area contributed by atoms with E-state index in [-0.39, 0.29) is 11.3 Å². The van der Waals surface area contributed by atoms with Gasteiger partial charge in [0.05, 0.1) is 21.3 Å². The van der Waals surface area contributed by atoms with Crippen molar-refractivity contribution in [3.63, 3.8) is 0 Å². The third kappa shape index (κ3) is 5.54. The van der Waals surface area contributed by atoms with Gasteiger partial charge in [-0.2, -0.15) is 0 Å². The quantitative estimate of drug-likeness (QED) is 0.650. The molecule has 1 atom stereocenters. The number of aromatic carboxylic acids is 1. The molecule has 1 aliphatic heterocycles. The fourth-order valence-electron chi connectivity index (χ4n) is 4.47. The summed E-state index contributed by atoms with van der Waals surface area (Å²) in [6, 6.07) is 7.03. The topological polar surface area (TPSA) is 77.8 Å². The minimum Gasteiger partial charge on any atom is -0.478 e. The van der Waals surface area contributed by atoms with Gasteiger partial charge in [0.1, 0.15) is 0 Å². The lowest BCUT2D eigenvalue weighted by Crippen LogP contribution is -2.42. The Morgan fingerprint density at radius 2 is 1.83 bits per heavy atom. The maximum Gasteiger partial charge on any atom is 0.335 e. The van der Waals surface area contributed by atoms with Gasteiger partial charge in [-0.05, 0) is 70.1 Å². The molecular weight excluding hydrogens is 386 g/mol. The monoisotopic (exact) mass is 419 g/mol. The first-order valence-corrected chi connectivity index (χ1v) is 11.6. The minimum absolute atomic E-state index is 0.142. The van der Waals surface area contributed by atoms with Crippen LogP contribution in [0.3, 0.4) is 0 Å². The highest BCUT2D eigenvalue weighted by Gasteiger charge is 2.46. The van der Waals surface area contributed by atoms with Gasteiger partial charge in [-0.3, -0.25) is 4.79 Å². The minimum atomic E-state index is -0.907. The Kier molecular flexibility index (Phi) is 6.94. The number of hydrogen-bond donors (Lipinski definition) is 2. The van der Waals surface area contributed by atoms with Gasteiger partial charge in [-0.15, -0.1) is 11.8 Å². The van der Waals surface area contributed by atoms with Crippen LogP contribution >= 0.6 is 11.8 Å². The molecule has 0 spiro atoms. The number of aryl methyl sites for hydroxylation is 1. The maximum atomic E-state index is 12.9. The first-order valence-electron chi connectivity index (χ1n) is 10.7. The molecule has 3 rings (SSSR count). The summed E-state index contributed by atoms with van der Waals surface area (Å²) < 4.78 is -0.414. The molecule has 5 nitrogen and oxygen atoms in total. The Bertz CT molecular complexity index is 725. The van der Waals surface area contributed by atoms with Crippen molar-refractivity contribution in [3.8, 4) is 0 Å². The van der Waals surface area contributed by atoms with Crippen LogP contribution in [0.4, 0.5) is 0 Å². The molecule has 2 aliphatic rings. The van der Waals surface area contributed by atoms with Crippen molar-refractivity contribution in [2.24, 2.45) is 0 Å². The van der Waals surface area contributed by atoms with Gasteiger partial charge in [-0.1, -0.05) is 31.4 Å². The molecule has 0 aromatic heterocycles. The molecule has 1 aromatic carbocycles. The molecule has 1 aliphatic carbocycles. The Morgan fingerprint density at radius 3 is 2.45 bits per heavy atom. The highest BCUT2D eigenvalue weighted by atomic mass is 32.2. The number of thioether (sulfide) groups is 1. The van der Waals surface area contributed by atoms with Gasteiger partial charge >= 0.3 is 5.97 Å². The Hall–Kier alpha value is -1.53. The molecule has 0 bridgehead atoms. The summed E-state index contributed by atoms with van der Waals surface area (Å²) in [6.07, 6.45) is 8.43. The van der Waals surface area contributed by atoms with E-state index >= 15 is 0 Å². The molecule has 6 heteroatoms. The number of carbonyl (C=O) groups is 2. The van der Waals surface area contributed by atoms with E-state index in [2.05, 4.69) is 0 Å². The smallest absolute Gasteiger partial charge is 0.335 e. The fraction of sp³-hybridized carbons (Fsp3) is 0.652. The highest BCUT2D eigenvalue weighted by molar-refractivity contribution is 8.02. The second kappa shape index (κ2) is 9.09. The van der Waals surface area contributed by atoms with Crippen molar-refractivity contribution < 1.29 is 19.8 Å². The van der Waals surface area contributed by atoms with Crippen LogP contribution in [-0.2, 0) is 11.2 Å². The first kappa shape index (κ1) is 22.2. The van der Waals surface area contributed by atoms with E-state index in [4.69, 9.17) is 5.11 Å². The number of rotatable bonds is 8. The molecule has 1 aromatic rings. The Labute approximate surface area is 177 Å². The van der Waals surface area contributed by atoms with Crippen molar-refractivity contribution in [1.29, 1.82) is 0 Å². The lowest BCUT2D eigenvalue weighted by Gasteiger charge is -2.34. The van der Waals surface area contributed by atoms with Crippen LogP contribution in [0, 0.1) is 0 Å². The molecule has 0 radical (unpaired) electrons. The molecule has 1 saturated heterocycles. The Morgan fingerprint density at radius 1 is 1.17 bits per heavy atom. The van der Waals surface area contributed by atoms with Crippen LogP contribution in [0.25, 0.3) is 0 Å². The van der Waals surface area contributed by atoms with Gasteiger partial charge in [0.2, 0.25) is 5.91 Å². The van der Waals surface area contributed by atoms with Crippen LogP contribution in [0.2, 0.25) is 0 Å². The molecule has 2 fully saturated rings. The van der Waals surface area contributed by atoms with E-state index in [1.54, 1.807) is 23.9 Å². The third-order valence-corrected chi connectivity index (χ3v) is 7.80. The summed E-state index contributed by atoms with van der Waals surface area (Å²) in [5, 5.41) is 20.0. The number of carboxylic acids is 1. The van der Waals surface area contributed by atoms with Gasteiger partial charge in [0.15, 0.2) is 0 Å². The van der Waals surface area contributed by atoms with Crippen molar-refractivity contribution in [2.75, 3.05) is 6.54 Å². The average molecular weight is 420 g/mol. The van der Waals surface area contributed by atoms with Gasteiger partial charge in [0, 0.05) is 6.54 Å². The molecule has 2 N–H and O–H groups in total. The highest BCUT2D eigenvalue weighted by Crippen LogP contribution is 2.43. The molecule has 1 heterocycles. The predicted octanol–water partition coefficient (Wildman–Crippen LogP) is 4.47. The first-order chi connectivity index (χ1) is 13.7. The van der Waals surface area contributed by atoms with E-state index in [0.717, 1.165) is 50.5 Å². The normalized spacial score (nSPS) is 23.3. The van der Waals surface area contributed by atoms with E-state index in [1.165, 1.54) is 6.42 Å². The number of hydrogen-bond acceptors (Lipinski definition) is 4. The van der Waals surface area contributed by atoms with E-state index in [0.29, 0.717) is 18.5 Å². The zero-order chi connectivity index (χ0) is 21.1. The SMILES string of the molecule is CC1(C)SC(CCCc2ccc(C(=O)O)cc2)N(CCC2(O)CCCCC2)C1=O. The predicted molar refractivity (Wildman–Crippen MR) is 116 cm³/mol. The van der Waals surface area contributed by atoms with Crippen molar-refractivity contribution in [1.82, 2.24) is 4.90 Å². The second-order valence-corrected chi connectivity index (χ2v) is 10.8. The number of aliphatic hydroxyl groups is 1. The summed E-state index contributed by atoms with van der Waals surface area (Å²) in [5.41, 5.74) is 0.817. The van der Waals surface area contributed by atoms with E-state index < -0.39 is 16.3 Å². The number of nitrogens with zero attached hydrogens (tertiary/aromatic N) is 1. The van der Waals surface area contributed by atoms with Crippen LogP contribution in [0.5, 0.6) is 0 Å². The van der Waals surface area contributed by atoms with Crippen LogP contribution in [-0.4, -0.2) is 49.3 Å². The molecule has 160 valence electrons. The average Bonchev–Trinajstić information content (AvgIpc) is 2.90. The van der Waals surface area contributed by atoms with E-state index in [1.807, 2.05) is 30.9 Å².